The zero-order valence-electron chi connectivity index (χ0n) is 14.9. The Kier molecular flexibility index (Phi) is 6.39. The molecule has 0 fully saturated rings. The average Bonchev–Trinajstić information content (AvgIpc) is 2.63. The SMILES string of the molecule is C=CCc1cc(CC=C)c(OC)c(/C=C/C(=O)c2ccc(N)cc2)c1O. The Morgan fingerprint density at radius 2 is 1.77 bits per heavy atom. The minimum atomic E-state index is -0.189. The van der Waals surface area contributed by atoms with E-state index in [0.717, 1.165) is 11.1 Å². The quantitative estimate of drug-likeness (QED) is 0.322. The van der Waals surface area contributed by atoms with Crippen LogP contribution in [0.1, 0.15) is 27.0 Å². The summed E-state index contributed by atoms with van der Waals surface area (Å²) in [5.74, 6) is 0.415. The van der Waals surface area contributed by atoms with Gasteiger partial charge in [-0.2, -0.15) is 0 Å². The Hall–Kier alpha value is -3.27. The predicted molar refractivity (Wildman–Crippen MR) is 107 cm³/mol. The van der Waals surface area contributed by atoms with Gasteiger partial charge in [0.05, 0.1) is 12.7 Å². The van der Waals surface area contributed by atoms with Gasteiger partial charge in [0, 0.05) is 11.3 Å². The van der Waals surface area contributed by atoms with Crippen molar-refractivity contribution in [3.63, 3.8) is 0 Å². The second-order valence-corrected chi connectivity index (χ2v) is 5.80. The van der Waals surface area contributed by atoms with Crippen LogP contribution < -0.4 is 10.5 Å². The van der Waals surface area contributed by atoms with Gasteiger partial charge in [0.2, 0.25) is 0 Å². The number of nitrogens with two attached hydrogens (primary N) is 1. The molecule has 3 N–H and O–H groups in total. The van der Waals surface area contributed by atoms with Crippen LogP contribution in [0.4, 0.5) is 5.69 Å². The molecule has 0 bridgehead atoms. The molecule has 0 aromatic heterocycles. The van der Waals surface area contributed by atoms with E-state index in [4.69, 9.17) is 10.5 Å². The van der Waals surface area contributed by atoms with E-state index in [9.17, 15) is 9.90 Å². The first kappa shape index (κ1) is 19.1. The lowest BCUT2D eigenvalue weighted by molar-refractivity contribution is 0.104. The maximum atomic E-state index is 12.4. The third-order valence-corrected chi connectivity index (χ3v) is 3.97. The molecule has 0 radical (unpaired) electrons. The number of hydrogen-bond acceptors (Lipinski definition) is 4. The largest absolute Gasteiger partial charge is 0.507 e. The zero-order valence-corrected chi connectivity index (χ0v) is 14.9. The molecular weight excluding hydrogens is 326 g/mol. The van der Waals surface area contributed by atoms with Crippen LogP contribution in [0.25, 0.3) is 6.08 Å². The van der Waals surface area contributed by atoms with Crippen molar-refractivity contribution in [2.24, 2.45) is 0 Å². The predicted octanol–water partition coefficient (Wildman–Crippen LogP) is 4.34. The van der Waals surface area contributed by atoms with Crippen molar-refractivity contribution < 1.29 is 14.6 Å². The van der Waals surface area contributed by atoms with Crippen molar-refractivity contribution in [1.82, 2.24) is 0 Å². The Labute approximate surface area is 153 Å². The van der Waals surface area contributed by atoms with Crippen molar-refractivity contribution in [3.05, 3.63) is 84.0 Å². The summed E-state index contributed by atoms with van der Waals surface area (Å²) in [4.78, 5) is 12.4. The minimum absolute atomic E-state index is 0.0796. The molecule has 2 aromatic rings. The number of phenolic OH excluding ortho intramolecular Hbond substituents is 1. The number of ketones is 1. The lowest BCUT2D eigenvalue weighted by Crippen LogP contribution is -1.99. The molecule has 0 saturated carbocycles. The number of benzene rings is 2. The van der Waals surface area contributed by atoms with E-state index in [0.29, 0.717) is 35.4 Å². The number of rotatable bonds is 8. The van der Waals surface area contributed by atoms with E-state index < -0.39 is 0 Å². The molecule has 0 aliphatic carbocycles. The van der Waals surface area contributed by atoms with Crippen LogP contribution in [0.5, 0.6) is 11.5 Å². The second kappa shape index (κ2) is 8.72. The van der Waals surface area contributed by atoms with Crippen LogP contribution in [-0.2, 0) is 12.8 Å². The van der Waals surface area contributed by atoms with Crippen molar-refractivity contribution in [3.8, 4) is 11.5 Å². The number of nitrogen functional groups attached to an aromatic ring is 1. The number of carbonyl (C=O) groups excluding carboxylic acids is 1. The summed E-state index contributed by atoms with van der Waals surface area (Å²) in [6.45, 7) is 7.48. The Morgan fingerprint density at radius 3 is 2.35 bits per heavy atom. The maximum absolute atomic E-state index is 12.4. The summed E-state index contributed by atoms with van der Waals surface area (Å²) in [5.41, 5.74) is 8.83. The lowest BCUT2D eigenvalue weighted by Gasteiger charge is -2.15. The smallest absolute Gasteiger partial charge is 0.185 e. The van der Waals surface area contributed by atoms with E-state index in [1.165, 1.54) is 13.2 Å². The van der Waals surface area contributed by atoms with Crippen LogP contribution in [0.3, 0.4) is 0 Å². The van der Waals surface area contributed by atoms with Gasteiger partial charge in [-0.3, -0.25) is 4.79 Å². The van der Waals surface area contributed by atoms with E-state index in [1.54, 1.807) is 42.5 Å². The molecule has 134 valence electrons. The van der Waals surface area contributed by atoms with Gasteiger partial charge < -0.3 is 15.6 Å². The van der Waals surface area contributed by atoms with E-state index in [-0.39, 0.29) is 11.5 Å². The molecule has 0 spiro atoms. The van der Waals surface area contributed by atoms with Gasteiger partial charge in [-0.15, -0.1) is 13.2 Å². The highest BCUT2D eigenvalue weighted by Crippen LogP contribution is 2.37. The summed E-state index contributed by atoms with van der Waals surface area (Å²) in [6.07, 6.45) is 7.56. The van der Waals surface area contributed by atoms with Gasteiger partial charge in [0.15, 0.2) is 5.78 Å². The van der Waals surface area contributed by atoms with Crippen LogP contribution in [0, 0.1) is 0 Å². The number of ether oxygens (including phenoxy) is 1. The number of carbonyl (C=O) groups is 1. The molecule has 2 rings (SSSR count). The summed E-state index contributed by atoms with van der Waals surface area (Å²) in [5, 5.41) is 10.6. The van der Waals surface area contributed by atoms with Gasteiger partial charge in [-0.05, 0) is 66.5 Å². The Balaban J connectivity index is 2.48. The summed E-state index contributed by atoms with van der Waals surface area (Å²) in [7, 11) is 1.54. The first-order valence-electron chi connectivity index (χ1n) is 8.23. The molecule has 2 aromatic carbocycles. The van der Waals surface area contributed by atoms with Crippen LogP contribution in [-0.4, -0.2) is 18.0 Å². The topological polar surface area (TPSA) is 72.5 Å². The Bertz CT molecular complexity index is 849. The standard InChI is InChI=1S/C22H23NO3/c1-4-6-16-14-17(7-5-2)22(26-3)19(21(16)25)12-13-20(24)15-8-10-18(23)11-9-15/h4-5,8-14,25H,1-2,6-7,23H2,3H3/b13-12+. The molecule has 4 nitrogen and oxygen atoms in total. The molecule has 0 aliphatic heterocycles. The van der Waals surface area contributed by atoms with Gasteiger partial charge in [0.25, 0.3) is 0 Å². The van der Waals surface area contributed by atoms with Crippen molar-refractivity contribution in [1.29, 1.82) is 0 Å². The van der Waals surface area contributed by atoms with Gasteiger partial charge in [-0.1, -0.05) is 12.2 Å². The fraction of sp³-hybridized carbons (Fsp3) is 0.136. The molecule has 0 heterocycles. The average molecular weight is 349 g/mol. The van der Waals surface area contributed by atoms with Gasteiger partial charge in [0.1, 0.15) is 11.5 Å². The van der Waals surface area contributed by atoms with Crippen molar-refractivity contribution in [2.75, 3.05) is 12.8 Å². The number of allylic oxidation sites excluding steroid dienone is 3. The molecule has 0 atom stereocenters. The van der Waals surface area contributed by atoms with E-state index >= 15 is 0 Å². The number of methoxy groups -OCH3 is 1. The molecular formula is C22H23NO3. The van der Waals surface area contributed by atoms with Crippen LogP contribution >= 0.6 is 0 Å². The zero-order chi connectivity index (χ0) is 19.1. The second-order valence-electron chi connectivity index (χ2n) is 5.80. The highest BCUT2D eigenvalue weighted by atomic mass is 16.5. The highest BCUT2D eigenvalue weighted by Gasteiger charge is 2.16. The third kappa shape index (κ3) is 4.22. The highest BCUT2D eigenvalue weighted by molar-refractivity contribution is 6.07. The summed E-state index contributed by atoms with van der Waals surface area (Å²) >= 11 is 0. The molecule has 4 heteroatoms. The van der Waals surface area contributed by atoms with Crippen molar-refractivity contribution in [2.45, 2.75) is 12.8 Å². The first-order chi connectivity index (χ1) is 12.5. The molecule has 0 unspecified atom stereocenters. The van der Waals surface area contributed by atoms with Crippen LogP contribution in [0.2, 0.25) is 0 Å². The molecule has 0 saturated heterocycles. The number of phenols is 1. The molecule has 26 heavy (non-hydrogen) atoms. The fourth-order valence-electron chi connectivity index (χ4n) is 2.71. The third-order valence-electron chi connectivity index (χ3n) is 3.97. The number of hydrogen-bond donors (Lipinski definition) is 2. The Morgan fingerprint density at radius 1 is 1.15 bits per heavy atom. The van der Waals surface area contributed by atoms with Crippen molar-refractivity contribution >= 4 is 17.5 Å². The summed E-state index contributed by atoms with van der Waals surface area (Å²) in [6, 6.07) is 8.54. The summed E-state index contributed by atoms with van der Waals surface area (Å²) < 4.78 is 5.48. The normalized spacial score (nSPS) is 10.7. The molecule has 0 amide bonds. The van der Waals surface area contributed by atoms with Gasteiger partial charge >= 0.3 is 0 Å². The molecule has 0 aliphatic rings. The fourth-order valence-corrected chi connectivity index (χ4v) is 2.71. The minimum Gasteiger partial charge on any atom is -0.507 e. The van der Waals surface area contributed by atoms with Crippen LogP contribution in [0.15, 0.2) is 61.7 Å². The first-order valence-corrected chi connectivity index (χ1v) is 8.23. The van der Waals surface area contributed by atoms with Gasteiger partial charge in [-0.25, -0.2) is 0 Å². The monoisotopic (exact) mass is 349 g/mol. The lowest BCUT2D eigenvalue weighted by atomic mass is 9.97. The van der Waals surface area contributed by atoms with E-state index in [1.807, 2.05) is 6.07 Å². The van der Waals surface area contributed by atoms with E-state index in [2.05, 4.69) is 13.2 Å². The maximum Gasteiger partial charge on any atom is 0.185 e. The number of anilines is 1. The number of aromatic hydroxyl groups is 1.